The molecule has 5 heteroatoms. The minimum atomic E-state index is -0.383. The Morgan fingerprint density at radius 2 is 1.81 bits per heavy atom. The first-order chi connectivity index (χ1) is 9.97. The number of benzene rings is 1. The molecular weight excluding hydrogens is 266 g/mol. The molecule has 21 heavy (non-hydrogen) atoms. The Hall–Kier alpha value is -2.30. The standard InChI is InChI=1S/C16H21N3O2/c1-11(2)19-14(10-15(20)18-16(19)21)17-12(3)9-13-7-5-4-6-8-13/h4-8,10-12,17H,9H2,1-3H3,(H,18,20,21). The third-order valence-corrected chi connectivity index (χ3v) is 3.27. The maximum atomic E-state index is 11.9. The second-order valence-electron chi connectivity index (χ2n) is 5.52. The van der Waals surface area contributed by atoms with Gasteiger partial charge < -0.3 is 5.32 Å². The third-order valence-electron chi connectivity index (χ3n) is 3.27. The minimum Gasteiger partial charge on any atom is -0.368 e. The molecule has 0 saturated heterocycles. The summed E-state index contributed by atoms with van der Waals surface area (Å²) in [7, 11) is 0. The van der Waals surface area contributed by atoms with Crippen molar-refractivity contribution in [3.05, 3.63) is 62.8 Å². The first-order valence-electron chi connectivity index (χ1n) is 7.13. The molecule has 0 amide bonds. The summed E-state index contributed by atoms with van der Waals surface area (Å²) in [5.74, 6) is 0.558. The molecule has 0 aliphatic rings. The number of hydrogen-bond donors (Lipinski definition) is 2. The fourth-order valence-electron chi connectivity index (χ4n) is 2.40. The Morgan fingerprint density at radius 3 is 2.43 bits per heavy atom. The average molecular weight is 287 g/mol. The van der Waals surface area contributed by atoms with Gasteiger partial charge in [0.1, 0.15) is 5.82 Å². The van der Waals surface area contributed by atoms with Crippen LogP contribution >= 0.6 is 0 Å². The monoisotopic (exact) mass is 287 g/mol. The summed E-state index contributed by atoms with van der Waals surface area (Å²) in [6.07, 6.45) is 0.819. The fourth-order valence-corrected chi connectivity index (χ4v) is 2.40. The van der Waals surface area contributed by atoms with Crippen LogP contribution in [0.4, 0.5) is 5.82 Å². The first-order valence-corrected chi connectivity index (χ1v) is 7.13. The van der Waals surface area contributed by atoms with Crippen LogP contribution in [-0.4, -0.2) is 15.6 Å². The molecule has 1 atom stereocenters. The van der Waals surface area contributed by atoms with Crippen molar-refractivity contribution in [2.24, 2.45) is 0 Å². The highest BCUT2D eigenvalue weighted by Crippen LogP contribution is 2.12. The van der Waals surface area contributed by atoms with Crippen LogP contribution in [0.2, 0.25) is 0 Å². The number of rotatable bonds is 5. The molecule has 1 heterocycles. The van der Waals surface area contributed by atoms with Crippen molar-refractivity contribution in [1.29, 1.82) is 0 Å². The van der Waals surface area contributed by atoms with Crippen molar-refractivity contribution in [3.63, 3.8) is 0 Å². The van der Waals surface area contributed by atoms with Gasteiger partial charge in [0.15, 0.2) is 0 Å². The van der Waals surface area contributed by atoms with Crippen LogP contribution in [0.15, 0.2) is 46.0 Å². The van der Waals surface area contributed by atoms with Crippen LogP contribution in [0.1, 0.15) is 32.4 Å². The van der Waals surface area contributed by atoms with Crippen LogP contribution in [0, 0.1) is 0 Å². The highest BCUT2D eigenvalue weighted by molar-refractivity contribution is 5.36. The molecular formula is C16H21N3O2. The molecule has 1 unspecified atom stereocenters. The van der Waals surface area contributed by atoms with Gasteiger partial charge in [0.25, 0.3) is 5.56 Å². The minimum absolute atomic E-state index is 0.0271. The Bertz CT molecular complexity index is 701. The maximum Gasteiger partial charge on any atom is 0.330 e. The topological polar surface area (TPSA) is 66.9 Å². The lowest BCUT2D eigenvalue weighted by Gasteiger charge is -2.20. The number of anilines is 1. The van der Waals surface area contributed by atoms with Gasteiger partial charge in [-0.3, -0.25) is 14.3 Å². The van der Waals surface area contributed by atoms with Gasteiger partial charge >= 0.3 is 5.69 Å². The van der Waals surface area contributed by atoms with Crippen molar-refractivity contribution in [2.45, 2.75) is 39.3 Å². The number of nitrogens with one attached hydrogen (secondary N) is 2. The molecule has 0 radical (unpaired) electrons. The number of hydrogen-bond acceptors (Lipinski definition) is 3. The molecule has 1 aromatic heterocycles. The molecule has 2 N–H and O–H groups in total. The molecule has 1 aromatic carbocycles. The first kappa shape index (κ1) is 15.1. The van der Waals surface area contributed by atoms with E-state index in [-0.39, 0.29) is 23.3 Å². The van der Waals surface area contributed by atoms with E-state index in [0.717, 1.165) is 6.42 Å². The van der Waals surface area contributed by atoms with E-state index in [1.165, 1.54) is 11.6 Å². The second kappa shape index (κ2) is 6.43. The van der Waals surface area contributed by atoms with Crippen molar-refractivity contribution < 1.29 is 0 Å². The molecule has 5 nitrogen and oxygen atoms in total. The van der Waals surface area contributed by atoms with E-state index in [9.17, 15) is 9.59 Å². The van der Waals surface area contributed by atoms with E-state index in [4.69, 9.17) is 0 Å². The lowest BCUT2D eigenvalue weighted by molar-refractivity contribution is 0.562. The molecule has 0 aliphatic carbocycles. The summed E-state index contributed by atoms with van der Waals surface area (Å²) in [6.45, 7) is 5.85. The van der Waals surface area contributed by atoms with Gasteiger partial charge in [-0.05, 0) is 32.8 Å². The van der Waals surface area contributed by atoms with Crippen LogP contribution in [-0.2, 0) is 6.42 Å². The van der Waals surface area contributed by atoms with E-state index >= 15 is 0 Å². The Balaban J connectivity index is 2.23. The fraction of sp³-hybridized carbons (Fsp3) is 0.375. The number of aromatic nitrogens is 2. The van der Waals surface area contributed by atoms with Crippen molar-refractivity contribution >= 4 is 5.82 Å². The van der Waals surface area contributed by atoms with Gasteiger partial charge in [-0.15, -0.1) is 0 Å². The maximum absolute atomic E-state index is 11.9. The van der Waals surface area contributed by atoms with Crippen LogP contribution in [0.5, 0.6) is 0 Å². The molecule has 112 valence electrons. The zero-order chi connectivity index (χ0) is 15.4. The van der Waals surface area contributed by atoms with E-state index in [0.29, 0.717) is 5.82 Å². The smallest absolute Gasteiger partial charge is 0.330 e. The summed E-state index contributed by atoms with van der Waals surface area (Å²) in [4.78, 5) is 25.7. The Morgan fingerprint density at radius 1 is 1.14 bits per heavy atom. The van der Waals surface area contributed by atoms with Crippen molar-refractivity contribution in [3.8, 4) is 0 Å². The molecule has 0 aliphatic heterocycles. The SMILES string of the molecule is CC(Cc1ccccc1)Nc1cc(=O)[nH]c(=O)n1C(C)C. The highest BCUT2D eigenvalue weighted by atomic mass is 16.2. The summed E-state index contributed by atoms with van der Waals surface area (Å²) in [6, 6.07) is 11.6. The van der Waals surface area contributed by atoms with Gasteiger partial charge in [0, 0.05) is 18.2 Å². The van der Waals surface area contributed by atoms with Crippen LogP contribution < -0.4 is 16.6 Å². The summed E-state index contributed by atoms with van der Waals surface area (Å²) in [5.41, 5.74) is 0.444. The molecule has 0 spiro atoms. The van der Waals surface area contributed by atoms with Crippen LogP contribution in [0.3, 0.4) is 0 Å². The van der Waals surface area contributed by atoms with Gasteiger partial charge in [-0.1, -0.05) is 30.3 Å². The van der Waals surface area contributed by atoms with Crippen molar-refractivity contribution in [1.82, 2.24) is 9.55 Å². The molecule has 0 saturated carbocycles. The number of aromatic amines is 1. The lowest BCUT2D eigenvalue weighted by atomic mass is 10.1. The van der Waals surface area contributed by atoms with E-state index in [1.54, 1.807) is 4.57 Å². The zero-order valence-corrected chi connectivity index (χ0v) is 12.6. The van der Waals surface area contributed by atoms with Crippen LogP contribution in [0.25, 0.3) is 0 Å². The van der Waals surface area contributed by atoms with Gasteiger partial charge in [-0.25, -0.2) is 4.79 Å². The number of nitrogens with zero attached hydrogens (tertiary/aromatic N) is 1. The van der Waals surface area contributed by atoms with E-state index < -0.39 is 0 Å². The largest absolute Gasteiger partial charge is 0.368 e. The second-order valence-corrected chi connectivity index (χ2v) is 5.52. The molecule has 2 rings (SSSR count). The Kier molecular flexibility index (Phi) is 4.62. The molecule has 0 fully saturated rings. The van der Waals surface area contributed by atoms with Crippen molar-refractivity contribution in [2.75, 3.05) is 5.32 Å². The van der Waals surface area contributed by atoms with E-state index in [1.807, 2.05) is 39.0 Å². The predicted octanol–water partition coefficient (Wildman–Crippen LogP) is 2.16. The van der Waals surface area contributed by atoms with Gasteiger partial charge in [-0.2, -0.15) is 0 Å². The quantitative estimate of drug-likeness (QED) is 0.885. The highest BCUT2D eigenvalue weighted by Gasteiger charge is 2.12. The zero-order valence-electron chi connectivity index (χ0n) is 12.6. The Labute approximate surface area is 123 Å². The van der Waals surface area contributed by atoms with Gasteiger partial charge in [0.05, 0.1) is 0 Å². The third kappa shape index (κ3) is 3.84. The van der Waals surface area contributed by atoms with Gasteiger partial charge in [0.2, 0.25) is 0 Å². The molecule has 2 aromatic rings. The normalized spacial score (nSPS) is 12.4. The predicted molar refractivity (Wildman–Crippen MR) is 84.9 cm³/mol. The molecule has 0 bridgehead atoms. The summed E-state index contributed by atoms with van der Waals surface area (Å²) < 4.78 is 1.56. The lowest BCUT2D eigenvalue weighted by Crippen LogP contribution is -2.34. The summed E-state index contributed by atoms with van der Waals surface area (Å²) >= 11 is 0. The number of H-pyrrole nitrogens is 1. The summed E-state index contributed by atoms with van der Waals surface area (Å²) in [5, 5.41) is 3.26. The average Bonchev–Trinajstić information content (AvgIpc) is 2.38. The van der Waals surface area contributed by atoms with E-state index in [2.05, 4.69) is 22.4 Å².